The number of hydrogen-bond donors (Lipinski definition) is 0. The average molecular weight is 827 g/mol. The zero-order valence-corrected chi connectivity index (χ0v) is 35.6. The summed E-state index contributed by atoms with van der Waals surface area (Å²) in [5.74, 6) is 0.699. The van der Waals surface area contributed by atoms with E-state index in [1.807, 2.05) is 18.2 Å². The summed E-state index contributed by atoms with van der Waals surface area (Å²) in [7, 11) is 0. The SMILES string of the molecule is c1ccc(-c2ccc(-c3ccc(-c4cc(-c5ccc(-c6ccc7c(c6)-c6ccccc6C7(c6ccccc6)c6ccccc6)c6ccccc56)nc(-c5ccccc5)n4)cc3)cc2)cc1. The van der Waals surface area contributed by atoms with Gasteiger partial charge in [-0.15, -0.1) is 0 Å². The van der Waals surface area contributed by atoms with Crippen molar-refractivity contribution in [3.8, 4) is 78.4 Å². The second kappa shape index (κ2) is 16.0. The van der Waals surface area contributed by atoms with Gasteiger partial charge in [0.1, 0.15) is 0 Å². The molecule has 0 unspecified atom stereocenters. The number of hydrogen-bond acceptors (Lipinski definition) is 2. The van der Waals surface area contributed by atoms with Crippen LogP contribution in [0, 0.1) is 0 Å². The Morgan fingerprint density at radius 1 is 0.246 bits per heavy atom. The zero-order chi connectivity index (χ0) is 43.2. The summed E-state index contributed by atoms with van der Waals surface area (Å²) in [5.41, 5.74) is 19.2. The summed E-state index contributed by atoms with van der Waals surface area (Å²) in [4.78, 5) is 10.5. The van der Waals surface area contributed by atoms with Crippen molar-refractivity contribution in [2.75, 3.05) is 0 Å². The maximum absolute atomic E-state index is 5.28. The molecule has 0 bridgehead atoms. The largest absolute Gasteiger partial charge is 0.228 e. The van der Waals surface area contributed by atoms with E-state index in [0.717, 1.165) is 39.0 Å². The Balaban J connectivity index is 0.959. The van der Waals surface area contributed by atoms with Crippen LogP contribution in [0.25, 0.3) is 89.2 Å². The van der Waals surface area contributed by atoms with Crippen LogP contribution in [0.1, 0.15) is 22.3 Å². The number of nitrogens with zero attached hydrogens (tertiary/aromatic N) is 2. The van der Waals surface area contributed by atoms with E-state index < -0.39 is 5.41 Å². The molecule has 0 fully saturated rings. The fourth-order valence-corrected chi connectivity index (χ4v) is 10.2. The first-order valence-electron chi connectivity index (χ1n) is 22.3. The van der Waals surface area contributed by atoms with Crippen molar-refractivity contribution < 1.29 is 0 Å². The predicted molar refractivity (Wildman–Crippen MR) is 269 cm³/mol. The molecule has 0 aliphatic heterocycles. The van der Waals surface area contributed by atoms with Crippen molar-refractivity contribution >= 4 is 10.8 Å². The molecule has 0 radical (unpaired) electrons. The number of rotatable bonds is 8. The molecule has 0 saturated carbocycles. The van der Waals surface area contributed by atoms with Gasteiger partial charge in [-0.2, -0.15) is 0 Å². The second-order valence-corrected chi connectivity index (χ2v) is 16.8. The van der Waals surface area contributed by atoms with Crippen LogP contribution in [0.4, 0.5) is 0 Å². The summed E-state index contributed by atoms with van der Waals surface area (Å²) in [6, 6.07) is 91.9. The molecule has 0 spiro atoms. The van der Waals surface area contributed by atoms with Crippen molar-refractivity contribution in [2.24, 2.45) is 0 Å². The number of benzene rings is 10. The third-order valence-corrected chi connectivity index (χ3v) is 13.2. The van der Waals surface area contributed by atoms with Gasteiger partial charge in [-0.05, 0) is 89.7 Å². The van der Waals surface area contributed by atoms with Crippen LogP contribution in [-0.2, 0) is 5.41 Å². The van der Waals surface area contributed by atoms with Crippen LogP contribution in [-0.4, -0.2) is 9.97 Å². The molecule has 1 aliphatic rings. The fourth-order valence-electron chi connectivity index (χ4n) is 10.2. The van der Waals surface area contributed by atoms with E-state index in [1.54, 1.807) is 0 Å². The lowest BCUT2D eigenvalue weighted by Crippen LogP contribution is -2.28. The van der Waals surface area contributed by atoms with Gasteiger partial charge in [0.05, 0.1) is 16.8 Å². The molecule has 0 amide bonds. The molecular formula is C63H42N2. The Morgan fingerprint density at radius 3 is 1.29 bits per heavy atom. The van der Waals surface area contributed by atoms with E-state index in [2.05, 4.69) is 237 Å². The summed E-state index contributed by atoms with van der Waals surface area (Å²) >= 11 is 0. The van der Waals surface area contributed by atoms with Crippen LogP contribution < -0.4 is 0 Å². The Hall–Kier alpha value is -8.46. The lowest BCUT2D eigenvalue weighted by atomic mass is 9.67. The first-order chi connectivity index (χ1) is 32.2. The van der Waals surface area contributed by atoms with Crippen molar-refractivity contribution in [2.45, 2.75) is 5.41 Å². The van der Waals surface area contributed by atoms with Gasteiger partial charge in [0.15, 0.2) is 5.82 Å². The summed E-state index contributed by atoms with van der Waals surface area (Å²) in [6.45, 7) is 0. The van der Waals surface area contributed by atoms with Crippen LogP contribution in [0.3, 0.4) is 0 Å². The van der Waals surface area contributed by atoms with Crippen molar-refractivity contribution in [1.29, 1.82) is 0 Å². The van der Waals surface area contributed by atoms with E-state index in [4.69, 9.17) is 9.97 Å². The highest BCUT2D eigenvalue weighted by Crippen LogP contribution is 2.57. The molecule has 10 aromatic carbocycles. The standard InChI is InChI=1S/C63H42N2/c1-5-17-43(18-6-1)44-29-31-45(32-30-44)46-33-35-47(36-34-46)60-42-61(65-62(64-60)48-19-7-2-8-20-48)56-39-38-52(53-25-13-14-26-54(53)56)49-37-40-59-57(41-49)55-27-15-16-28-58(55)63(59,50-21-9-3-10-22-50)51-23-11-4-12-24-51/h1-42H. The van der Waals surface area contributed by atoms with E-state index in [1.165, 1.54) is 66.6 Å². The second-order valence-electron chi connectivity index (χ2n) is 16.8. The zero-order valence-electron chi connectivity index (χ0n) is 35.6. The third kappa shape index (κ3) is 6.58. The lowest BCUT2D eigenvalue weighted by molar-refractivity contribution is 0.768. The van der Waals surface area contributed by atoms with Gasteiger partial charge in [0, 0.05) is 16.7 Å². The molecule has 304 valence electrons. The first kappa shape index (κ1) is 38.2. The molecule has 12 rings (SSSR count). The van der Waals surface area contributed by atoms with Crippen molar-refractivity contribution in [1.82, 2.24) is 9.97 Å². The molecule has 0 atom stereocenters. The van der Waals surface area contributed by atoms with Gasteiger partial charge in [0.25, 0.3) is 0 Å². The van der Waals surface area contributed by atoms with Gasteiger partial charge in [-0.25, -0.2) is 9.97 Å². The smallest absolute Gasteiger partial charge is 0.160 e. The molecule has 0 saturated heterocycles. The van der Waals surface area contributed by atoms with Gasteiger partial charge in [0.2, 0.25) is 0 Å². The third-order valence-electron chi connectivity index (χ3n) is 13.2. The summed E-state index contributed by atoms with van der Waals surface area (Å²) in [5, 5.41) is 2.32. The maximum Gasteiger partial charge on any atom is 0.160 e. The van der Waals surface area contributed by atoms with E-state index in [-0.39, 0.29) is 0 Å². The molecule has 65 heavy (non-hydrogen) atoms. The maximum atomic E-state index is 5.28. The molecule has 11 aromatic rings. The first-order valence-corrected chi connectivity index (χ1v) is 22.3. The minimum atomic E-state index is -0.436. The molecular weight excluding hydrogens is 785 g/mol. The Kier molecular flexibility index (Phi) is 9.43. The van der Waals surface area contributed by atoms with Gasteiger partial charge in [-0.3, -0.25) is 0 Å². The highest BCUT2D eigenvalue weighted by atomic mass is 14.9. The molecule has 1 aliphatic carbocycles. The molecule has 0 N–H and O–H groups in total. The van der Waals surface area contributed by atoms with E-state index in [9.17, 15) is 0 Å². The van der Waals surface area contributed by atoms with Gasteiger partial charge >= 0.3 is 0 Å². The van der Waals surface area contributed by atoms with Crippen LogP contribution in [0.2, 0.25) is 0 Å². The molecule has 1 heterocycles. The highest BCUT2D eigenvalue weighted by molar-refractivity contribution is 6.05. The monoisotopic (exact) mass is 826 g/mol. The van der Waals surface area contributed by atoms with Crippen LogP contribution in [0.5, 0.6) is 0 Å². The highest BCUT2D eigenvalue weighted by Gasteiger charge is 2.46. The topological polar surface area (TPSA) is 25.8 Å². The van der Waals surface area contributed by atoms with Gasteiger partial charge in [-0.1, -0.05) is 243 Å². The Morgan fingerprint density at radius 2 is 0.677 bits per heavy atom. The molecule has 2 nitrogen and oxygen atoms in total. The van der Waals surface area contributed by atoms with E-state index >= 15 is 0 Å². The minimum absolute atomic E-state index is 0.436. The predicted octanol–water partition coefficient (Wildman–Crippen LogP) is 16.0. The van der Waals surface area contributed by atoms with Gasteiger partial charge < -0.3 is 0 Å². The minimum Gasteiger partial charge on any atom is -0.228 e. The number of aromatic nitrogens is 2. The fraction of sp³-hybridized carbons (Fsp3) is 0.0159. The molecule has 2 heteroatoms. The summed E-state index contributed by atoms with van der Waals surface area (Å²) in [6.07, 6.45) is 0. The Bertz CT molecular complexity index is 3450. The number of fused-ring (bicyclic) bond motifs is 4. The van der Waals surface area contributed by atoms with Crippen LogP contribution >= 0.6 is 0 Å². The Labute approximate surface area is 379 Å². The summed E-state index contributed by atoms with van der Waals surface area (Å²) < 4.78 is 0. The quantitative estimate of drug-likeness (QED) is 0.152. The van der Waals surface area contributed by atoms with E-state index in [0.29, 0.717) is 5.82 Å². The molecule has 1 aromatic heterocycles. The normalized spacial score (nSPS) is 12.4. The average Bonchev–Trinajstić information content (AvgIpc) is 3.69. The van der Waals surface area contributed by atoms with Crippen molar-refractivity contribution in [3.05, 3.63) is 277 Å². The van der Waals surface area contributed by atoms with Crippen LogP contribution in [0.15, 0.2) is 255 Å². The van der Waals surface area contributed by atoms with Crippen molar-refractivity contribution in [3.63, 3.8) is 0 Å². The lowest BCUT2D eigenvalue weighted by Gasteiger charge is -2.33.